The molecule has 0 aliphatic carbocycles. The molecule has 0 fully saturated rings. The summed E-state index contributed by atoms with van der Waals surface area (Å²) < 4.78 is 26.7. The van der Waals surface area contributed by atoms with Crippen LogP contribution in [0.3, 0.4) is 0 Å². The first kappa shape index (κ1) is 14.1. The second-order valence-corrected chi connectivity index (χ2v) is 5.09. The molecule has 1 rings (SSSR count). The van der Waals surface area contributed by atoms with Crippen molar-refractivity contribution in [2.75, 3.05) is 13.1 Å². The lowest BCUT2D eigenvalue weighted by atomic mass is 10.5. The van der Waals surface area contributed by atoms with Crippen LogP contribution in [0.25, 0.3) is 0 Å². The fraction of sp³-hybridized carbons (Fsp3) is 0.375. The van der Waals surface area contributed by atoms with Crippen molar-refractivity contribution in [1.82, 2.24) is 19.6 Å². The van der Waals surface area contributed by atoms with Gasteiger partial charge >= 0.3 is 5.97 Å². The van der Waals surface area contributed by atoms with Crippen molar-refractivity contribution in [3.8, 4) is 0 Å². The molecule has 1 amide bonds. The summed E-state index contributed by atoms with van der Waals surface area (Å²) in [5, 5.41) is 10.1. The first-order valence-electron chi connectivity index (χ1n) is 4.77. The number of carboxylic acid groups (broad SMARTS) is 1. The minimum absolute atomic E-state index is 0.212. The Hall–Kier alpha value is -1.94. The van der Waals surface area contributed by atoms with Crippen LogP contribution in [0.4, 0.5) is 0 Å². The molecule has 0 aliphatic heterocycles. The monoisotopic (exact) mass is 276 g/mol. The van der Waals surface area contributed by atoms with E-state index < -0.39 is 35.0 Å². The number of aliphatic carboxylic acids is 1. The molecule has 1 heterocycles. The van der Waals surface area contributed by atoms with E-state index in [2.05, 4.69) is 4.98 Å². The second-order valence-electron chi connectivity index (χ2n) is 3.37. The zero-order valence-corrected chi connectivity index (χ0v) is 10.3. The van der Waals surface area contributed by atoms with Gasteiger partial charge in [0.25, 0.3) is 10.0 Å². The Kier molecular flexibility index (Phi) is 4.39. The molecule has 0 radical (unpaired) electrons. The molecule has 0 bridgehead atoms. The topological polar surface area (TPSA) is 130 Å². The molecule has 0 aliphatic rings. The van der Waals surface area contributed by atoms with E-state index in [1.165, 1.54) is 17.1 Å². The molecule has 0 atom stereocenters. The standard InChI is InChI=1S/C8H12N4O5S/c1-12-4-7(10-5-12)18(16,17)11-2-6(13)9-3-8(14)15/h4-5,11H,2-3H2,1H3,(H,9,13)(H,14,15). The summed E-state index contributed by atoms with van der Waals surface area (Å²) >= 11 is 0. The number of nitrogens with zero attached hydrogens (tertiary/aromatic N) is 2. The van der Waals surface area contributed by atoms with E-state index in [4.69, 9.17) is 5.11 Å². The van der Waals surface area contributed by atoms with Gasteiger partial charge in [-0.2, -0.15) is 0 Å². The summed E-state index contributed by atoms with van der Waals surface area (Å²) in [5.41, 5.74) is 0. The number of carbonyl (C=O) groups excluding carboxylic acids is 1. The molecule has 0 saturated heterocycles. The SMILES string of the molecule is Cn1cnc(S(=O)(=O)NCC(=O)NCC(=O)O)c1. The van der Waals surface area contributed by atoms with Gasteiger partial charge in [0.2, 0.25) is 5.91 Å². The lowest BCUT2D eigenvalue weighted by Crippen LogP contribution is -2.39. The minimum Gasteiger partial charge on any atom is -0.480 e. The molecule has 0 saturated carbocycles. The van der Waals surface area contributed by atoms with Crippen molar-refractivity contribution in [1.29, 1.82) is 0 Å². The van der Waals surface area contributed by atoms with E-state index in [-0.39, 0.29) is 5.03 Å². The molecule has 0 unspecified atom stereocenters. The molecular weight excluding hydrogens is 264 g/mol. The molecular formula is C8H12N4O5S. The maximum absolute atomic E-state index is 11.6. The summed E-state index contributed by atoms with van der Waals surface area (Å²) in [6.45, 7) is -1.11. The van der Waals surface area contributed by atoms with Crippen LogP contribution in [0.5, 0.6) is 0 Å². The normalized spacial score (nSPS) is 11.2. The predicted octanol–water partition coefficient (Wildman–Crippen LogP) is -2.10. The number of aromatic nitrogens is 2. The van der Waals surface area contributed by atoms with Crippen LogP contribution in [0.2, 0.25) is 0 Å². The molecule has 9 nitrogen and oxygen atoms in total. The zero-order valence-electron chi connectivity index (χ0n) is 9.45. The van der Waals surface area contributed by atoms with E-state index in [1.54, 1.807) is 7.05 Å². The summed E-state index contributed by atoms with van der Waals surface area (Å²) in [6, 6.07) is 0. The third kappa shape index (κ3) is 4.14. The van der Waals surface area contributed by atoms with Crippen molar-refractivity contribution < 1.29 is 23.1 Å². The number of carbonyl (C=O) groups is 2. The average Bonchev–Trinajstić information content (AvgIpc) is 2.71. The lowest BCUT2D eigenvalue weighted by molar-refractivity contribution is -0.137. The summed E-state index contributed by atoms with van der Waals surface area (Å²) in [5.74, 6) is -1.95. The van der Waals surface area contributed by atoms with Gasteiger partial charge in [0.15, 0.2) is 5.03 Å². The molecule has 0 aromatic carbocycles. The molecule has 10 heteroatoms. The van der Waals surface area contributed by atoms with Gasteiger partial charge in [-0.1, -0.05) is 0 Å². The second kappa shape index (κ2) is 5.60. The maximum atomic E-state index is 11.6. The summed E-state index contributed by atoms with van der Waals surface area (Å²) in [4.78, 5) is 24.9. The van der Waals surface area contributed by atoms with Crippen LogP contribution in [-0.4, -0.2) is 48.0 Å². The molecule has 18 heavy (non-hydrogen) atoms. The van der Waals surface area contributed by atoms with Crippen LogP contribution in [0, 0.1) is 0 Å². The Morgan fingerprint density at radius 3 is 2.61 bits per heavy atom. The molecule has 0 spiro atoms. The van der Waals surface area contributed by atoms with Gasteiger partial charge in [-0.15, -0.1) is 0 Å². The number of hydrogen-bond donors (Lipinski definition) is 3. The van der Waals surface area contributed by atoms with E-state index >= 15 is 0 Å². The Bertz CT molecular complexity index is 550. The highest BCUT2D eigenvalue weighted by Crippen LogP contribution is 2.02. The Morgan fingerprint density at radius 1 is 1.44 bits per heavy atom. The van der Waals surface area contributed by atoms with E-state index in [0.29, 0.717) is 0 Å². The van der Waals surface area contributed by atoms with Crippen molar-refractivity contribution in [2.24, 2.45) is 7.05 Å². The van der Waals surface area contributed by atoms with Crippen molar-refractivity contribution in [3.63, 3.8) is 0 Å². The predicted molar refractivity (Wildman–Crippen MR) is 59.0 cm³/mol. The van der Waals surface area contributed by atoms with Gasteiger partial charge in [-0.3, -0.25) is 9.59 Å². The van der Waals surface area contributed by atoms with Crippen LogP contribution in [0.1, 0.15) is 0 Å². The number of aryl methyl sites for hydroxylation is 1. The minimum atomic E-state index is -3.86. The number of imidazole rings is 1. The Labute approximate surface area is 103 Å². The van der Waals surface area contributed by atoms with Crippen molar-refractivity contribution in [3.05, 3.63) is 12.5 Å². The highest BCUT2D eigenvalue weighted by Gasteiger charge is 2.18. The number of hydrogen-bond acceptors (Lipinski definition) is 5. The van der Waals surface area contributed by atoms with E-state index in [1.807, 2.05) is 10.0 Å². The lowest BCUT2D eigenvalue weighted by Gasteiger charge is -2.04. The number of carboxylic acids is 1. The molecule has 1 aromatic heterocycles. The summed E-state index contributed by atoms with van der Waals surface area (Å²) in [7, 11) is -2.26. The van der Waals surface area contributed by atoms with Gasteiger partial charge in [0.05, 0.1) is 12.9 Å². The number of nitrogens with one attached hydrogen (secondary N) is 2. The van der Waals surface area contributed by atoms with Gasteiger partial charge in [0, 0.05) is 13.2 Å². The maximum Gasteiger partial charge on any atom is 0.322 e. The van der Waals surface area contributed by atoms with Gasteiger partial charge < -0.3 is 15.0 Å². The van der Waals surface area contributed by atoms with Crippen LogP contribution in [-0.2, 0) is 26.7 Å². The van der Waals surface area contributed by atoms with Gasteiger partial charge in [-0.25, -0.2) is 18.1 Å². The fourth-order valence-electron chi connectivity index (χ4n) is 0.999. The first-order valence-corrected chi connectivity index (χ1v) is 6.25. The van der Waals surface area contributed by atoms with Gasteiger partial charge in [-0.05, 0) is 0 Å². The largest absolute Gasteiger partial charge is 0.480 e. The smallest absolute Gasteiger partial charge is 0.322 e. The first-order chi connectivity index (χ1) is 8.31. The van der Waals surface area contributed by atoms with Crippen molar-refractivity contribution >= 4 is 21.9 Å². The number of amides is 1. The third-order valence-corrected chi connectivity index (χ3v) is 3.10. The van der Waals surface area contributed by atoms with E-state index in [9.17, 15) is 18.0 Å². The molecule has 1 aromatic rings. The Morgan fingerprint density at radius 2 is 2.11 bits per heavy atom. The van der Waals surface area contributed by atoms with Crippen LogP contribution < -0.4 is 10.0 Å². The highest BCUT2D eigenvalue weighted by atomic mass is 32.2. The highest BCUT2D eigenvalue weighted by molar-refractivity contribution is 7.89. The molecule has 100 valence electrons. The number of rotatable bonds is 6. The summed E-state index contributed by atoms with van der Waals surface area (Å²) in [6.07, 6.45) is 2.58. The van der Waals surface area contributed by atoms with E-state index in [0.717, 1.165) is 0 Å². The van der Waals surface area contributed by atoms with Gasteiger partial charge in [0.1, 0.15) is 6.54 Å². The van der Waals surface area contributed by atoms with Crippen LogP contribution >= 0.6 is 0 Å². The average molecular weight is 276 g/mol. The number of sulfonamides is 1. The van der Waals surface area contributed by atoms with Crippen molar-refractivity contribution in [2.45, 2.75) is 5.03 Å². The van der Waals surface area contributed by atoms with Crippen LogP contribution in [0.15, 0.2) is 17.6 Å². The fourth-order valence-corrected chi connectivity index (χ4v) is 1.96. The quantitative estimate of drug-likeness (QED) is 0.545. The molecule has 3 N–H and O–H groups in total. The Balaban J connectivity index is 2.52. The third-order valence-electron chi connectivity index (χ3n) is 1.82. The zero-order chi connectivity index (χ0) is 13.8.